The highest BCUT2D eigenvalue weighted by molar-refractivity contribution is 5.94. The largest absolute Gasteiger partial charge is 0.339 e. The lowest BCUT2D eigenvalue weighted by molar-refractivity contribution is -0.132. The van der Waals surface area contributed by atoms with Crippen LogP contribution < -0.4 is 5.73 Å². The van der Waals surface area contributed by atoms with Crippen molar-refractivity contribution in [3.8, 4) is 0 Å². The molecule has 1 aromatic carbocycles. The second-order valence-corrected chi connectivity index (χ2v) is 4.93. The van der Waals surface area contributed by atoms with Crippen LogP contribution >= 0.6 is 12.4 Å². The lowest BCUT2D eigenvalue weighted by Crippen LogP contribution is -2.50. The van der Waals surface area contributed by atoms with E-state index < -0.39 is 0 Å². The molecule has 1 fully saturated rings. The minimum Gasteiger partial charge on any atom is -0.339 e. The number of rotatable bonds is 4. The predicted octanol–water partition coefficient (Wildman–Crippen LogP) is 1.13. The van der Waals surface area contributed by atoms with Gasteiger partial charge in [0.05, 0.1) is 0 Å². The molecule has 0 aliphatic carbocycles. The number of nitrogens with two attached hydrogens (primary N) is 1. The van der Waals surface area contributed by atoms with Gasteiger partial charge in [-0.2, -0.15) is 0 Å². The van der Waals surface area contributed by atoms with Crippen molar-refractivity contribution in [1.29, 1.82) is 0 Å². The van der Waals surface area contributed by atoms with Crippen molar-refractivity contribution in [2.75, 3.05) is 32.7 Å². The van der Waals surface area contributed by atoms with Gasteiger partial charge in [0.25, 0.3) is 5.91 Å². The molecule has 2 amide bonds. The second-order valence-electron chi connectivity index (χ2n) is 4.93. The predicted molar refractivity (Wildman–Crippen MR) is 84.5 cm³/mol. The number of halogens is 1. The quantitative estimate of drug-likeness (QED) is 0.906. The Kier molecular flexibility index (Phi) is 7.19. The van der Waals surface area contributed by atoms with Crippen LogP contribution in [-0.4, -0.2) is 54.3 Å². The fraction of sp³-hybridized carbons (Fsp3) is 0.467. The molecule has 1 saturated heterocycles. The monoisotopic (exact) mass is 311 g/mol. The zero-order valence-corrected chi connectivity index (χ0v) is 12.8. The molecule has 2 rings (SSSR count). The highest BCUT2D eigenvalue weighted by Crippen LogP contribution is 2.09. The molecule has 1 aliphatic heterocycles. The Hall–Kier alpha value is -1.59. The normalized spacial score (nSPS) is 14.5. The molecule has 1 heterocycles. The van der Waals surface area contributed by atoms with Crippen LogP contribution in [-0.2, 0) is 4.79 Å². The zero-order chi connectivity index (χ0) is 14.4. The molecule has 0 radical (unpaired) electrons. The van der Waals surface area contributed by atoms with E-state index in [2.05, 4.69) is 0 Å². The smallest absolute Gasteiger partial charge is 0.253 e. The van der Waals surface area contributed by atoms with Crippen LogP contribution in [0.3, 0.4) is 0 Å². The Labute approximate surface area is 131 Å². The average molecular weight is 312 g/mol. The van der Waals surface area contributed by atoms with E-state index in [-0.39, 0.29) is 24.2 Å². The highest BCUT2D eigenvalue weighted by atomic mass is 35.5. The number of benzene rings is 1. The number of hydrogen-bond acceptors (Lipinski definition) is 3. The summed E-state index contributed by atoms with van der Waals surface area (Å²) in [7, 11) is 0. The van der Waals surface area contributed by atoms with Gasteiger partial charge in [-0.15, -0.1) is 12.4 Å². The summed E-state index contributed by atoms with van der Waals surface area (Å²) in [5.74, 6) is 0.182. The molecule has 0 unspecified atom stereocenters. The minimum absolute atomic E-state index is 0. The van der Waals surface area contributed by atoms with Gasteiger partial charge < -0.3 is 15.5 Å². The van der Waals surface area contributed by atoms with E-state index in [9.17, 15) is 9.59 Å². The van der Waals surface area contributed by atoms with E-state index in [0.717, 1.165) is 6.42 Å². The van der Waals surface area contributed by atoms with Gasteiger partial charge in [0.2, 0.25) is 5.91 Å². The van der Waals surface area contributed by atoms with Gasteiger partial charge in [-0.05, 0) is 25.1 Å². The third kappa shape index (κ3) is 4.72. The van der Waals surface area contributed by atoms with Crippen molar-refractivity contribution in [1.82, 2.24) is 9.80 Å². The number of hydrogen-bond donors (Lipinski definition) is 1. The SMILES string of the molecule is Cl.NCCCC(=O)N1CCN(C(=O)c2ccccc2)CC1. The molecule has 116 valence electrons. The summed E-state index contributed by atoms with van der Waals surface area (Å²) in [6.07, 6.45) is 1.23. The standard InChI is InChI=1S/C15H21N3O2.ClH/c16-8-4-7-14(19)17-9-11-18(12-10-17)15(20)13-5-2-1-3-6-13;/h1-3,5-6H,4,7-12,16H2;1H. The first-order chi connectivity index (χ1) is 9.72. The van der Waals surface area contributed by atoms with Gasteiger partial charge in [0.15, 0.2) is 0 Å². The molecular formula is C15H22ClN3O2. The molecule has 5 nitrogen and oxygen atoms in total. The van der Waals surface area contributed by atoms with E-state index in [1.165, 1.54) is 0 Å². The Morgan fingerprint density at radius 3 is 2.14 bits per heavy atom. The van der Waals surface area contributed by atoms with Crippen molar-refractivity contribution < 1.29 is 9.59 Å². The average Bonchev–Trinajstić information content (AvgIpc) is 2.53. The number of piperazine rings is 1. The molecular weight excluding hydrogens is 290 g/mol. The summed E-state index contributed by atoms with van der Waals surface area (Å²) in [6.45, 7) is 2.96. The lowest BCUT2D eigenvalue weighted by Gasteiger charge is -2.35. The summed E-state index contributed by atoms with van der Waals surface area (Å²) in [5, 5.41) is 0. The first kappa shape index (κ1) is 17.5. The summed E-state index contributed by atoms with van der Waals surface area (Å²) in [5.41, 5.74) is 6.11. The Balaban J connectivity index is 0.00000220. The van der Waals surface area contributed by atoms with Crippen LogP contribution in [0.25, 0.3) is 0 Å². The number of carbonyl (C=O) groups excluding carboxylic acids is 2. The van der Waals surface area contributed by atoms with Crippen molar-refractivity contribution in [3.05, 3.63) is 35.9 Å². The maximum absolute atomic E-state index is 12.3. The fourth-order valence-corrected chi connectivity index (χ4v) is 2.33. The van der Waals surface area contributed by atoms with Crippen LogP contribution in [0.2, 0.25) is 0 Å². The molecule has 0 aromatic heterocycles. The minimum atomic E-state index is 0. The number of carbonyl (C=O) groups is 2. The van der Waals surface area contributed by atoms with E-state index in [0.29, 0.717) is 44.7 Å². The molecule has 1 aliphatic rings. The van der Waals surface area contributed by atoms with Gasteiger partial charge in [-0.3, -0.25) is 9.59 Å². The molecule has 0 saturated carbocycles. The van der Waals surface area contributed by atoms with Crippen LogP contribution in [0.1, 0.15) is 23.2 Å². The third-order valence-corrected chi connectivity index (χ3v) is 3.54. The van der Waals surface area contributed by atoms with Gasteiger partial charge in [-0.1, -0.05) is 18.2 Å². The summed E-state index contributed by atoms with van der Waals surface area (Å²) < 4.78 is 0. The third-order valence-electron chi connectivity index (χ3n) is 3.54. The number of nitrogens with zero attached hydrogens (tertiary/aromatic N) is 2. The Bertz CT molecular complexity index is 459. The molecule has 6 heteroatoms. The first-order valence-corrected chi connectivity index (χ1v) is 7.04. The Morgan fingerprint density at radius 1 is 1.00 bits per heavy atom. The van der Waals surface area contributed by atoms with Gasteiger partial charge >= 0.3 is 0 Å². The molecule has 1 aromatic rings. The fourth-order valence-electron chi connectivity index (χ4n) is 2.33. The van der Waals surface area contributed by atoms with Gasteiger partial charge in [-0.25, -0.2) is 0 Å². The van der Waals surface area contributed by atoms with Crippen molar-refractivity contribution in [2.24, 2.45) is 5.73 Å². The maximum atomic E-state index is 12.3. The molecule has 0 spiro atoms. The van der Waals surface area contributed by atoms with Crippen molar-refractivity contribution in [2.45, 2.75) is 12.8 Å². The van der Waals surface area contributed by atoms with Crippen LogP contribution in [0, 0.1) is 0 Å². The maximum Gasteiger partial charge on any atom is 0.253 e. The Morgan fingerprint density at radius 2 is 1.57 bits per heavy atom. The van der Waals surface area contributed by atoms with E-state index in [1.807, 2.05) is 40.1 Å². The first-order valence-electron chi connectivity index (χ1n) is 7.04. The van der Waals surface area contributed by atoms with Crippen LogP contribution in [0.4, 0.5) is 0 Å². The van der Waals surface area contributed by atoms with Crippen LogP contribution in [0.5, 0.6) is 0 Å². The van der Waals surface area contributed by atoms with Crippen LogP contribution in [0.15, 0.2) is 30.3 Å². The summed E-state index contributed by atoms with van der Waals surface area (Å²) in [6, 6.07) is 9.26. The highest BCUT2D eigenvalue weighted by Gasteiger charge is 2.24. The zero-order valence-electron chi connectivity index (χ0n) is 12.0. The topological polar surface area (TPSA) is 66.6 Å². The molecule has 2 N–H and O–H groups in total. The molecule has 0 atom stereocenters. The van der Waals surface area contributed by atoms with E-state index >= 15 is 0 Å². The van der Waals surface area contributed by atoms with E-state index in [1.54, 1.807) is 0 Å². The summed E-state index contributed by atoms with van der Waals surface area (Å²) >= 11 is 0. The second kappa shape index (κ2) is 8.64. The van der Waals surface area contributed by atoms with E-state index in [4.69, 9.17) is 5.73 Å². The number of amides is 2. The van der Waals surface area contributed by atoms with Crippen molar-refractivity contribution >= 4 is 24.2 Å². The lowest BCUT2D eigenvalue weighted by atomic mass is 10.1. The molecule has 21 heavy (non-hydrogen) atoms. The molecule has 0 bridgehead atoms. The van der Waals surface area contributed by atoms with Crippen molar-refractivity contribution in [3.63, 3.8) is 0 Å². The van der Waals surface area contributed by atoms with Gasteiger partial charge in [0.1, 0.15) is 0 Å². The van der Waals surface area contributed by atoms with Gasteiger partial charge in [0, 0.05) is 38.2 Å². The summed E-state index contributed by atoms with van der Waals surface area (Å²) in [4.78, 5) is 27.8.